The van der Waals surface area contributed by atoms with Gasteiger partial charge in [0.15, 0.2) is 0 Å². The fraction of sp³-hybridized carbons (Fsp3) is 0.278. The molecule has 8 heteroatoms. The molecule has 134 valence electrons. The number of thiophene rings is 1. The number of halogens is 1. The van der Waals surface area contributed by atoms with Gasteiger partial charge in [-0.05, 0) is 41.6 Å². The first-order valence-electron chi connectivity index (χ1n) is 8.26. The molecular weight excluding hydrogens is 373 g/mol. The number of aromatic nitrogens is 2. The minimum absolute atomic E-state index is 0.104. The Morgan fingerprint density at radius 2 is 2.31 bits per heavy atom. The normalized spacial score (nSPS) is 16.3. The van der Waals surface area contributed by atoms with Crippen molar-refractivity contribution in [1.29, 1.82) is 0 Å². The van der Waals surface area contributed by atoms with E-state index in [0.717, 1.165) is 28.2 Å². The number of hydrogen-bond donors (Lipinski definition) is 1. The van der Waals surface area contributed by atoms with Crippen molar-refractivity contribution >= 4 is 29.0 Å². The van der Waals surface area contributed by atoms with Gasteiger partial charge in [0, 0.05) is 34.4 Å². The van der Waals surface area contributed by atoms with Gasteiger partial charge in [-0.3, -0.25) is 4.79 Å². The minimum atomic E-state index is -0.280. The van der Waals surface area contributed by atoms with E-state index in [9.17, 15) is 9.18 Å². The van der Waals surface area contributed by atoms with Gasteiger partial charge in [-0.15, -0.1) is 11.8 Å². The van der Waals surface area contributed by atoms with E-state index < -0.39 is 0 Å². The molecule has 0 radical (unpaired) electrons. The lowest BCUT2D eigenvalue weighted by Crippen LogP contribution is -2.30. The van der Waals surface area contributed by atoms with Crippen molar-refractivity contribution in [2.75, 3.05) is 5.75 Å². The summed E-state index contributed by atoms with van der Waals surface area (Å²) in [5, 5.41) is 10.8. The zero-order valence-electron chi connectivity index (χ0n) is 13.8. The van der Waals surface area contributed by atoms with Gasteiger partial charge in [-0.2, -0.15) is 16.3 Å². The predicted molar refractivity (Wildman–Crippen MR) is 98.6 cm³/mol. The average Bonchev–Trinajstić information content (AvgIpc) is 3.32. The van der Waals surface area contributed by atoms with Crippen LogP contribution in [0.15, 0.2) is 44.4 Å². The van der Waals surface area contributed by atoms with Gasteiger partial charge in [-0.1, -0.05) is 5.16 Å². The van der Waals surface area contributed by atoms with Crippen LogP contribution >= 0.6 is 23.1 Å². The van der Waals surface area contributed by atoms with E-state index >= 15 is 0 Å². The van der Waals surface area contributed by atoms with Crippen molar-refractivity contribution in [2.45, 2.75) is 30.2 Å². The van der Waals surface area contributed by atoms with Crippen LogP contribution in [0.5, 0.6) is 0 Å². The summed E-state index contributed by atoms with van der Waals surface area (Å²) in [6.07, 6.45) is 1.41. The fourth-order valence-corrected chi connectivity index (χ4v) is 4.61. The van der Waals surface area contributed by atoms with Crippen LogP contribution in [0.4, 0.5) is 4.39 Å². The molecular formula is C18H16FN3O2S2. The average molecular weight is 389 g/mol. The Morgan fingerprint density at radius 3 is 3.15 bits per heavy atom. The quantitative estimate of drug-likeness (QED) is 0.707. The summed E-state index contributed by atoms with van der Waals surface area (Å²) in [5.74, 6) is 1.49. The molecule has 4 rings (SSSR count). The topological polar surface area (TPSA) is 68.0 Å². The summed E-state index contributed by atoms with van der Waals surface area (Å²) >= 11 is 3.25. The summed E-state index contributed by atoms with van der Waals surface area (Å²) in [5.41, 5.74) is 1.76. The Hall–Kier alpha value is -2.19. The smallest absolute Gasteiger partial charge is 0.227 e. The molecule has 3 aromatic rings. The highest BCUT2D eigenvalue weighted by Crippen LogP contribution is 2.36. The van der Waals surface area contributed by atoms with E-state index in [1.54, 1.807) is 29.2 Å². The molecule has 1 N–H and O–H groups in total. The summed E-state index contributed by atoms with van der Waals surface area (Å²) in [6, 6.07) is 6.51. The molecule has 0 fully saturated rings. The molecule has 0 saturated carbocycles. The highest BCUT2D eigenvalue weighted by molar-refractivity contribution is 7.99. The molecule has 3 heterocycles. The summed E-state index contributed by atoms with van der Waals surface area (Å²) < 4.78 is 18.8. The van der Waals surface area contributed by atoms with Crippen molar-refractivity contribution < 1.29 is 13.7 Å². The standard InChI is InChI=1S/C18H16FN3O2S2/c19-12-1-2-15-13(9-12)14(6-8-26-15)20-16(23)3-4-17-21-18(22-24-17)11-5-7-25-10-11/h1-2,5,7,9-10,14H,3-4,6,8H2,(H,20,23)/t14-/m0/s1. The number of thioether (sulfide) groups is 1. The third-order valence-electron chi connectivity index (χ3n) is 4.16. The van der Waals surface area contributed by atoms with E-state index in [1.165, 1.54) is 12.1 Å². The molecule has 0 saturated heterocycles. The molecule has 0 unspecified atom stereocenters. The maximum atomic E-state index is 13.5. The lowest BCUT2D eigenvalue weighted by atomic mass is 10.0. The van der Waals surface area contributed by atoms with Gasteiger partial charge in [-0.25, -0.2) is 4.39 Å². The predicted octanol–water partition coefficient (Wildman–Crippen LogP) is 4.22. The zero-order chi connectivity index (χ0) is 17.9. The van der Waals surface area contributed by atoms with Gasteiger partial charge in [0.05, 0.1) is 6.04 Å². The Balaban J connectivity index is 1.36. The van der Waals surface area contributed by atoms with Crippen LogP contribution in [0.3, 0.4) is 0 Å². The van der Waals surface area contributed by atoms with Crippen LogP contribution in [0.1, 0.15) is 30.3 Å². The van der Waals surface area contributed by atoms with Crippen molar-refractivity contribution in [1.82, 2.24) is 15.5 Å². The van der Waals surface area contributed by atoms with E-state index in [-0.39, 0.29) is 24.2 Å². The van der Waals surface area contributed by atoms with Crippen molar-refractivity contribution in [3.05, 3.63) is 52.3 Å². The maximum Gasteiger partial charge on any atom is 0.227 e. The molecule has 0 spiro atoms. The number of hydrogen-bond acceptors (Lipinski definition) is 6. The van der Waals surface area contributed by atoms with E-state index in [2.05, 4.69) is 15.5 Å². The van der Waals surface area contributed by atoms with E-state index in [4.69, 9.17) is 4.52 Å². The molecule has 26 heavy (non-hydrogen) atoms. The number of nitrogens with zero attached hydrogens (tertiary/aromatic N) is 2. The van der Waals surface area contributed by atoms with Gasteiger partial charge in [0.1, 0.15) is 5.82 Å². The minimum Gasteiger partial charge on any atom is -0.349 e. The first kappa shape index (κ1) is 17.2. The second-order valence-corrected chi connectivity index (χ2v) is 7.88. The van der Waals surface area contributed by atoms with Crippen LogP contribution in [0.2, 0.25) is 0 Å². The Labute approximate surface area is 158 Å². The second-order valence-electron chi connectivity index (χ2n) is 5.96. The van der Waals surface area contributed by atoms with Gasteiger partial charge < -0.3 is 9.84 Å². The lowest BCUT2D eigenvalue weighted by Gasteiger charge is -2.26. The molecule has 1 atom stereocenters. The number of rotatable bonds is 5. The highest BCUT2D eigenvalue weighted by atomic mass is 32.2. The molecule has 1 aliphatic rings. The number of carbonyl (C=O) groups excluding carboxylic acids is 1. The van der Waals surface area contributed by atoms with Crippen LogP contribution in [0.25, 0.3) is 11.4 Å². The highest BCUT2D eigenvalue weighted by Gasteiger charge is 2.23. The number of fused-ring (bicyclic) bond motifs is 1. The Bertz CT molecular complexity index is 911. The van der Waals surface area contributed by atoms with E-state index in [1.807, 2.05) is 16.8 Å². The fourth-order valence-electron chi connectivity index (χ4n) is 2.87. The largest absolute Gasteiger partial charge is 0.349 e. The molecule has 1 amide bonds. The van der Waals surface area contributed by atoms with Gasteiger partial charge in [0.2, 0.25) is 17.6 Å². The molecule has 0 aliphatic carbocycles. The third kappa shape index (κ3) is 3.81. The second kappa shape index (κ2) is 7.59. The first-order valence-corrected chi connectivity index (χ1v) is 10.2. The van der Waals surface area contributed by atoms with Crippen molar-refractivity contribution in [3.8, 4) is 11.4 Å². The zero-order valence-corrected chi connectivity index (χ0v) is 15.4. The number of aryl methyl sites for hydroxylation is 1. The molecule has 0 bridgehead atoms. The Kier molecular flexibility index (Phi) is 5.03. The maximum absolute atomic E-state index is 13.5. The summed E-state index contributed by atoms with van der Waals surface area (Å²) in [4.78, 5) is 17.7. The van der Waals surface area contributed by atoms with Crippen LogP contribution in [-0.4, -0.2) is 21.8 Å². The van der Waals surface area contributed by atoms with Crippen molar-refractivity contribution in [2.24, 2.45) is 0 Å². The SMILES string of the molecule is O=C(CCc1nc(-c2ccsc2)no1)N[C@H]1CCSc2ccc(F)cc21. The van der Waals surface area contributed by atoms with Crippen LogP contribution in [0, 0.1) is 5.82 Å². The number of carbonyl (C=O) groups is 1. The van der Waals surface area contributed by atoms with Gasteiger partial charge >= 0.3 is 0 Å². The third-order valence-corrected chi connectivity index (χ3v) is 5.97. The number of nitrogens with one attached hydrogen (secondary N) is 1. The van der Waals surface area contributed by atoms with Gasteiger partial charge in [0.25, 0.3) is 0 Å². The molecule has 1 aromatic carbocycles. The lowest BCUT2D eigenvalue weighted by molar-refractivity contribution is -0.121. The van der Waals surface area contributed by atoms with Crippen LogP contribution < -0.4 is 5.32 Å². The van der Waals surface area contributed by atoms with Crippen molar-refractivity contribution in [3.63, 3.8) is 0 Å². The first-order chi connectivity index (χ1) is 12.7. The molecule has 5 nitrogen and oxygen atoms in total. The number of benzene rings is 1. The summed E-state index contributed by atoms with van der Waals surface area (Å²) in [7, 11) is 0. The van der Waals surface area contributed by atoms with Crippen LogP contribution in [-0.2, 0) is 11.2 Å². The molecule has 2 aromatic heterocycles. The molecule has 1 aliphatic heterocycles. The van der Waals surface area contributed by atoms with E-state index in [0.29, 0.717) is 18.1 Å². The monoisotopic (exact) mass is 389 g/mol. The number of amides is 1. The summed E-state index contributed by atoms with van der Waals surface area (Å²) in [6.45, 7) is 0. The Morgan fingerprint density at radius 1 is 1.38 bits per heavy atom.